The molecular formula is C26H16N2O2. The normalized spacial score (nSPS) is 12.5. The molecule has 0 aliphatic heterocycles. The molecule has 0 bridgehead atoms. The molecular weight excluding hydrogens is 372 g/mol. The SMILES string of the molecule is Cc1cc2c3c(cc(C)c4c5ccccc5oc1c43)c(=O)n1c3ccccc3nc21. The molecule has 7 aromatic rings. The maximum atomic E-state index is 13.7. The Morgan fingerprint density at radius 3 is 2.47 bits per heavy atom. The Balaban J connectivity index is 1.91. The first-order valence-electron chi connectivity index (χ1n) is 10.0. The summed E-state index contributed by atoms with van der Waals surface area (Å²) in [7, 11) is 0. The minimum Gasteiger partial charge on any atom is -0.456 e. The van der Waals surface area contributed by atoms with Gasteiger partial charge in [0.1, 0.15) is 16.8 Å². The smallest absolute Gasteiger partial charge is 0.264 e. The monoisotopic (exact) mass is 388 g/mol. The van der Waals surface area contributed by atoms with Crippen molar-refractivity contribution >= 4 is 60.2 Å². The molecule has 0 unspecified atom stereocenters. The highest BCUT2D eigenvalue weighted by molar-refractivity contribution is 6.29. The van der Waals surface area contributed by atoms with Gasteiger partial charge in [-0.25, -0.2) is 4.98 Å². The lowest BCUT2D eigenvalue weighted by Gasteiger charge is -2.16. The molecule has 0 saturated heterocycles. The van der Waals surface area contributed by atoms with Crippen molar-refractivity contribution in [3.05, 3.63) is 82.1 Å². The first-order valence-corrected chi connectivity index (χ1v) is 10.0. The van der Waals surface area contributed by atoms with Crippen LogP contribution in [0.15, 0.2) is 69.9 Å². The van der Waals surface area contributed by atoms with Gasteiger partial charge in [0.15, 0.2) is 0 Å². The van der Waals surface area contributed by atoms with E-state index in [9.17, 15) is 4.79 Å². The third-order valence-electron chi connectivity index (χ3n) is 6.34. The molecule has 0 N–H and O–H groups in total. The largest absolute Gasteiger partial charge is 0.456 e. The molecule has 0 aliphatic rings. The van der Waals surface area contributed by atoms with E-state index in [1.165, 1.54) is 0 Å². The third-order valence-corrected chi connectivity index (χ3v) is 6.34. The summed E-state index contributed by atoms with van der Waals surface area (Å²) in [5, 5.41) is 5.87. The highest BCUT2D eigenvalue weighted by atomic mass is 16.3. The molecule has 30 heavy (non-hydrogen) atoms. The van der Waals surface area contributed by atoms with Crippen molar-refractivity contribution in [3.63, 3.8) is 0 Å². The van der Waals surface area contributed by atoms with E-state index in [0.717, 1.165) is 60.3 Å². The maximum absolute atomic E-state index is 13.7. The second kappa shape index (κ2) is 5.16. The summed E-state index contributed by atoms with van der Waals surface area (Å²) in [4.78, 5) is 18.5. The number of imidazole rings is 1. The molecule has 142 valence electrons. The summed E-state index contributed by atoms with van der Waals surface area (Å²) >= 11 is 0. The number of para-hydroxylation sites is 3. The number of hydrogen-bond acceptors (Lipinski definition) is 3. The molecule has 4 nitrogen and oxygen atoms in total. The standard InChI is InChI=1S/C26H16N2O2/c1-13-11-17-22-16(25-27-18-8-4-5-9-19(18)28(25)26(17)29)12-14(2)24-23(22)21(13)15-7-3-6-10-20(15)30-24/h3-12H,1-2H3. The zero-order chi connectivity index (χ0) is 20.1. The van der Waals surface area contributed by atoms with Crippen molar-refractivity contribution < 1.29 is 4.42 Å². The highest BCUT2D eigenvalue weighted by Gasteiger charge is 2.22. The van der Waals surface area contributed by atoms with Gasteiger partial charge in [0.2, 0.25) is 0 Å². The van der Waals surface area contributed by atoms with Gasteiger partial charge in [0, 0.05) is 26.9 Å². The number of benzene rings is 4. The van der Waals surface area contributed by atoms with Gasteiger partial charge in [-0.1, -0.05) is 30.3 Å². The van der Waals surface area contributed by atoms with E-state index < -0.39 is 0 Å². The summed E-state index contributed by atoms with van der Waals surface area (Å²) in [5.74, 6) is 0. The van der Waals surface area contributed by atoms with E-state index in [-0.39, 0.29) is 5.56 Å². The average Bonchev–Trinajstić information content (AvgIpc) is 3.15. The summed E-state index contributed by atoms with van der Waals surface area (Å²) in [6.07, 6.45) is 0. The van der Waals surface area contributed by atoms with Gasteiger partial charge in [-0.05, 0) is 60.7 Å². The Kier molecular flexibility index (Phi) is 2.74. The molecule has 0 amide bonds. The predicted octanol–water partition coefficient (Wildman–Crippen LogP) is 6.11. The first-order chi connectivity index (χ1) is 14.6. The number of fused-ring (bicyclic) bond motifs is 6. The van der Waals surface area contributed by atoms with E-state index in [2.05, 4.69) is 26.0 Å². The van der Waals surface area contributed by atoms with E-state index in [1.54, 1.807) is 4.40 Å². The van der Waals surface area contributed by atoms with Gasteiger partial charge in [-0.2, -0.15) is 0 Å². The predicted molar refractivity (Wildman–Crippen MR) is 122 cm³/mol. The van der Waals surface area contributed by atoms with Crippen molar-refractivity contribution in [2.24, 2.45) is 0 Å². The molecule has 3 aromatic heterocycles. The first kappa shape index (κ1) is 15.9. The number of aryl methyl sites for hydroxylation is 2. The summed E-state index contributed by atoms with van der Waals surface area (Å²) < 4.78 is 8.11. The Morgan fingerprint density at radius 1 is 0.800 bits per heavy atom. The quantitative estimate of drug-likeness (QED) is 0.233. The lowest BCUT2D eigenvalue weighted by molar-refractivity contribution is 0.659. The van der Waals surface area contributed by atoms with E-state index >= 15 is 0 Å². The van der Waals surface area contributed by atoms with Gasteiger partial charge in [0.25, 0.3) is 5.56 Å². The molecule has 3 heterocycles. The van der Waals surface area contributed by atoms with Crippen LogP contribution in [0.4, 0.5) is 0 Å². The third kappa shape index (κ3) is 1.73. The van der Waals surface area contributed by atoms with Gasteiger partial charge in [0.05, 0.1) is 11.0 Å². The number of hydrogen-bond donors (Lipinski definition) is 0. The van der Waals surface area contributed by atoms with E-state index in [0.29, 0.717) is 11.0 Å². The van der Waals surface area contributed by atoms with Crippen LogP contribution in [-0.4, -0.2) is 9.38 Å². The van der Waals surface area contributed by atoms with Gasteiger partial charge in [-0.15, -0.1) is 0 Å². The van der Waals surface area contributed by atoms with Crippen molar-refractivity contribution in [2.45, 2.75) is 13.8 Å². The Labute approximate surface area is 170 Å². The Bertz CT molecular complexity index is 1890. The molecule has 0 spiro atoms. The van der Waals surface area contributed by atoms with Crippen LogP contribution in [0.1, 0.15) is 11.1 Å². The minimum absolute atomic E-state index is 0.0329. The molecule has 0 fully saturated rings. The molecule has 0 radical (unpaired) electrons. The van der Waals surface area contributed by atoms with Crippen LogP contribution >= 0.6 is 0 Å². The number of aromatic nitrogens is 2. The van der Waals surface area contributed by atoms with Crippen molar-refractivity contribution in [1.82, 2.24) is 9.38 Å². The second-order valence-corrected chi connectivity index (χ2v) is 8.10. The van der Waals surface area contributed by atoms with Crippen LogP contribution < -0.4 is 5.56 Å². The van der Waals surface area contributed by atoms with Crippen LogP contribution in [-0.2, 0) is 0 Å². The fraction of sp³-hybridized carbons (Fsp3) is 0.0769. The molecule has 4 aromatic carbocycles. The Morgan fingerprint density at radius 2 is 1.57 bits per heavy atom. The highest BCUT2D eigenvalue weighted by Crippen LogP contribution is 2.42. The van der Waals surface area contributed by atoms with Crippen LogP contribution in [0.3, 0.4) is 0 Å². The summed E-state index contributed by atoms with van der Waals surface area (Å²) in [6, 6.07) is 20.1. The van der Waals surface area contributed by atoms with E-state index in [1.807, 2.05) is 48.5 Å². The summed E-state index contributed by atoms with van der Waals surface area (Å²) in [6.45, 7) is 4.14. The zero-order valence-electron chi connectivity index (χ0n) is 16.5. The van der Waals surface area contributed by atoms with Crippen molar-refractivity contribution in [1.29, 1.82) is 0 Å². The minimum atomic E-state index is -0.0329. The maximum Gasteiger partial charge on any atom is 0.264 e. The molecule has 0 saturated carbocycles. The Hall–Kier alpha value is -3.92. The van der Waals surface area contributed by atoms with Crippen molar-refractivity contribution in [2.75, 3.05) is 0 Å². The molecule has 7 rings (SSSR count). The van der Waals surface area contributed by atoms with E-state index in [4.69, 9.17) is 9.40 Å². The molecule has 0 aliphatic carbocycles. The van der Waals surface area contributed by atoms with Crippen LogP contribution in [0.2, 0.25) is 0 Å². The van der Waals surface area contributed by atoms with Crippen LogP contribution in [0.25, 0.3) is 60.2 Å². The molecule has 4 heteroatoms. The van der Waals surface area contributed by atoms with Crippen molar-refractivity contribution in [3.8, 4) is 0 Å². The lowest BCUT2D eigenvalue weighted by Crippen LogP contribution is -2.14. The lowest BCUT2D eigenvalue weighted by atomic mass is 9.91. The fourth-order valence-electron chi connectivity index (χ4n) is 5.10. The van der Waals surface area contributed by atoms with Gasteiger partial charge >= 0.3 is 0 Å². The number of pyridine rings is 1. The zero-order valence-corrected chi connectivity index (χ0v) is 16.5. The van der Waals surface area contributed by atoms with Gasteiger partial charge in [-0.3, -0.25) is 9.20 Å². The number of rotatable bonds is 0. The van der Waals surface area contributed by atoms with Gasteiger partial charge < -0.3 is 4.42 Å². The summed E-state index contributed by atoms with van der Waals surface area (Å²) in [5.41, 5.74) is 6.15. The topological polar surface area (TPSA) is 47.5 Å². The average molecular weight is 388 g/mol. The molecule has 0 atom stereocenters. The second-order valence-electron chi connectivity index (χ2n) is 8.10. The van der Waals surface area contributed by atoms with Crippen LogP contribution in [0.5, 0.6) is 0 Å². The van der Waals surface area contributed by atoms with Crippen LogP contribution in [0, 0.1) is 13.8 Å². The number of nitrogens with zero attached hydrogens (tertiary/aromatic N) is 2. The fourth-order valence-corrected chi connectivity index (χ4v) is 5.10.